The number of ether oxygens (including phenoxy) is 1. The first-order chi connectivity index (χ1) is 9.49. The van der Waals surface area contributed by atoms with E-state index >= 15 is 0 Å². The summed E-state index contributed by atoms with van der Waals surface area (Å²) >= 11 is 0. The summed E-state index contributed by atoms with van der Waals surface area (Å²) < 4.78 is 5.67. The minimum atomic E-state index is -0.259. The maximum Gasteiger partial charge on any atom is 0.119 e. The van der Waals surface area contributed by atoms with Crippen molar-refractivity contribution in [2.24, 2.45) is 0 Å². The number of hydrogen-bond donors (Lipinski definition) is 3. The molecule has 0 saturated heterocycles. The van der Waals surface area contributed by atoms with Gasteiger partial charge in [0, 0.05) is 11.6 Å². The summed E-state index contributed by atoms with van der Waals surface area (Å²) in [5.74, 6) is 0.777. The van der Waals surface area contributed by atoms with Gasteiger partial charge >= 0.3 is 0 Å². The Bertz CT molecular complexity index is 395. The molecule has 1 aromatic rings. The van der Waals surface area contributed by atoms with Crippen molar-refractivity contribution >= 4 is 0 Å². The van der Waals surface area contributed by atoms with Crippen molar-refractivity contribution in [2.75, 3.05) is 13.2 Å². The van der Waals surface area contributed by atoms with Gasteiger partial charge in [0.25, 0.3) is 0 Å². The molecule has 0 saturated carbocycles. The summed E-state index contributed by atoms with van der Waals surface area (Å²) in [5.41, 5.74) is 0.592. The van der Waals surface area contributed by atoms with Crippen molar-refractivity contribution in [1.82, 2.24) is 5.32 Å². The fourth-order valence-electron chi connectivity index (χ4n) is 2.28. The highest BCUT2D eigenvalue weighted by atomic mass is 16.5. The van der Waals surface area contributed by atoms with Crippen LogP contribution in [0.25, 0.3) is 0 Å². The molecule has 3 N–H and O–H groups in total. The minimum Gasteiger partial charge on any atom is -0.494 e. The third-order valence-electron chi connectivity index (χ3n) is 3.21. The molecule has 4 nitrogen and oxygen atoms in total. The van der Waals surface area contributed by atoms with Gasteiger partial charge in [-0.15, -0.1) is 0 Å². The highest BCUT2D eigenvalue weighted by Crippen LogP contribution is 2.16. The minimum absolute atomic E-state index is 0.0259. The molecule has 0 spiro atoms. The first kappa shape index (κ1) is 17.0. The third kappa shape index (κ3) is 5.90. The van der Waals surface area contributed by atoms with Gasteiger partial charge in [0.05, 0.1) is 19.8 Å². The van der Waals surface area contributed by atoms with Crippen molar-refractivity contribution in [3.05, 3.63) is 29.8 Å². The van der Waals surface area contributed by atoms with Crippen LogP contribution in [-0.4, -0.2) is 35.0 Å². The van der Waals surface area contributed by atoms with Gasteiger partial charge in [-0.1, -0.05) is 26.0 Å². The van der Waals surface area contributed by atoms with Crippen LogP contribution in [-0.2, 0) is 6.61 Å². The van der Waals surface area contributed by atoms with E-state index in [1.54, 1.807) is 0 Å². The van der Waals surface area contributed by atoms with E-state index in [4.69, 9.17) is 9.84 Å². The summed E-state index contributed by atoms with van der Waals surface area (Å²) in [5, 5.41) is 21.9. The Morgan fingerprint density at radius 1 is 1.30 bits per heavy atom. The van der Waals surface area contributed by atoms with Crippen LogP contribution in [0.15, 0.2) is 24.3 Å². The quantitative estimate of drug-likeness (QED) is 0.607. The molecule has 0 bridgehead atoms. The molecule has 0 aromatic heterocycles. The van der Waals surface area contributed by atoms with Crippen molar-refractivity contribution < 1.29 is 14.9 Å². The van der Waals surface area contributed by atoms with Gasteiger partial charge in [-0.25, -0.2) is 0 Å². The predicted octanol–water partition coefficient (Wildman–Crippen LogP) is 2.09. The van der Waals surface area contributed by atoms with Crippen LogP contribution in [0, 0.1) is 0 Å². The Kier molecular flexibility index (Phi) is 6.99. The van der Waals surface area contributed by atoms with E-state index in [0.29, 0.717) is 12.6 Å². The summed E-state index contributed by atoms with van der Waals surface area (Å²) in [6, 6.07) is 7.81. The second-order valence-electron chi connectivity index (χ2n) is 5.78. The molecule has 4 heteroatoms. The van der Waals surface area contributed by atoms with Gasteiger partial charge in [0.1, 0.15) is 5.75 Å². The summed E-state index contributed by atoms with van der Waals surface area (Å²) in [7, 11) is 0. The van der Waals surface area contributed by atoms with Gasteiger partial charge in [0.2, 0.25) is 0 Å². The number of rotatable bonds is 9. The van der Waals surface area contributed by atoms with Gasteiger partial charge in [-0.05, 0) is 37.5 Å². The molecule has 0 fully saturated rings. The SMILES string of the molecule is CC(C)NC(C)(CO)CCCOc1cccc(CO)c1. The number of nitrogens with one attached hydrogen (secondary N) is 1. The van der Waals surface area contributed by atoms with Gasteiger partial charge in [-0.3, -0.25) is 0 Å². The van der Waals surface area contributed by atoms with Crippen LogP contribution >= 0.6 is 0 Å². The third-order valence-corrected chi connectivity index (χ3v) is 3.21. The van der Waals surface area contributed by atoms with Gasteiger partial charge in [-0.2, -0.15) is 0 Å². The zero-order chi connectivity index (χ0) is 15.0. The van der Waals surface area contributed by atoms with Crippen LogP contribution < -0.4 is 10.1 Å². The molecule has 1 atom stereocenters. The van der Waals surface area contributed by atoms with Crippen molar-refractivity contribution in [3.63, 3.8) is 0 Å². The van der Waals surface area contributed by atoms with E-state index in [0.717, 1.165) is 24.2 Å². The van der Waals surface area contributed by atoms with Crippen molar-refractivity contribution in [2.45, 2.75) is 51.8 Å². The molecule has 0 radical (unpaired) electrons. The monoisotopic (exact) mass is 281 g/mol. The van der Waals surface area contributed by atoms with E-state index in [9.17, 15) is 5.11 Å². The topological polar surface area (TPSA) is 61.7 Å². The van der Waals surface area contributed by atoms with E-state index in [-0.39, 0.29) is 18.8 Å². The Hall–Kier alpha value is -1.10. The van der Waals surface area contributed by atoms with Crippen LogP contribution in [0.2, 0.25) is 0 Å². The van der Waals surface area contributed by atoms with Crippen molar-refractivity contribution in [1.29, 1.82) is 0 Å². The summed E-state index contributed by atoms with van der Waals surface area (Å²) in [6.07, 6.45) is 1.71. The lowest BCUT2D eigenvalue weighted by Crippen LogP contribution is -2.49. The number of benzene rings is 1. The zero-order valence-electron chi connectivity index (χ0n) is 12.7. The Labute approximate surface area is 121 Å². The van der Waals surface area contributed by atoms with Crippen LogP contribution in [0.1, 0.15) is 39.2 Å². The van der Waals surface area contributed by atoms with E-state index in [1.165, 1.54) is 0 Å². The van der Waals surface area contributed by atoms with Crippen LogP contribution in [0.3, 0.4) is 0 Å². The number of hydrogen-bond acceptors (Lipinski definition) is 4. The highest BCUT2D eigenvalue weighted by Gasteiger charge is 2.23. The molecule has 0 heterocycles. The van der Waals surface area contributed by atoms with E-state index < -0.39 is 0 Å². The average Bonchev–Trinajstić information content (AvgIpc) is 2.43. The largest absolute Gasteiger partial charge is 0.494 e. The Morgan fingerprint density at radius 3 is 2.65 bits per heavy atom. The Morgan fingerprint density at radius 2 is 2.05 bits per heavy atom. The maximum absolute atomic E-state index is 9.49. The fourth-order valence-corrected chi connectivity index (χ4v) is 2.28. The lowest BCUT2D eigenvalue weighted by Gasteiger charge is -2.31. The molecule has 0 aliphatic carbocycles. The molecule has 20 heavy (non-hydrogen) atoms. The first-order valence-electron chi connectivity index (χ1n) is 7.20. The number of aliphatic hydroxyl groups is 2. The standard InChI is InChI=1S/C16H27NO3/c1-13(2)17-16(3,12-19)8-5-9-20-15-7-4-6-14(10-15)11-18/h4,6-7,10,13,17-19H,5,8-9,11-12H2,1-3H3. The Balaban J connectivity index is 2.36. The molecular weight excluding hydrogens is 254 g/mol. The van der Waals surface area contributed by atoms with Gasteiger partial charge in [0.15, 0.2) is 0 Å². The second-order valence-corrected chi connectivity index (χ2v) is 5.78. The molecule has 0 amide bonds. The smallest absolute Gasteiger partial charge is 0.119 e. The predicted molar refractivity (Wildman–Crippen MR) is 80.9 cm³/mol. The zero-order valence-corrected chi connectivity index (χ0v) is 12.7. The average molecular weight is 281 g/mol. The number of aliphatic hydroxyl groups excluding tert-OH is 2. The highest BCUT2D eigenvalue weighted by molar-refractivity contribution is 5.27. The molecule has 0 aliphatic rings. The van der Waals surface area contributed by atoms with Crippen molar-refractivity contribution in [3.8, 4) is 5.75 Å². The van der Waals surface area contributed by atoms with E-state index in [1.807, 2.05) is 31.2 Å². The van der Waals surface area contributed by atoms with E-state index in [2.05, 4.69) is 19.2 Å². The van der Waals surface area contributed by atoms with Gasteiger partial charge < -0.3 is 20.3 Å². The maximum atomic E-state index is 9.49. The first-order valence-corrected chi connectivity index (χ1v) is 7.20. The summed E-state index contributed by atoms with van der Waals surface area (Å²) in [4.78, 5) is 0. The molecular formula is C16H27NO3. The lowest BCUT2D eigenvalue weighted by molar-refractivity contribution is 0.147. The lowest BCUT2D eigenvalue weighted by atomic mass is 9.96. The van der Waals surface area contributed by atoms with Crippen LogP contribution in [0.4, 0.5) is 0 Å². The normalized spacial score (nSPS) is 14.3. The summed E-state index contributed by atoms with van der Waals surface area (Å²) in [6.45, 7) is 6.92. The molecule has 1 rings (SSSR count). The fraction of sp³-hybridized carbons (Fsp3) is 0.625. The van der Waals surface area contributed by atoms with Crippen LogP contribution in [0.5, 0.6) is 5.75 Å². The molecule has 1 unspecified atom stereocenters. The molecule has 0 aliphatic heterocycles. The molecule has 1 aromatic carbocycles. The second kappa shape index (κ2) is 8.25. The molecule has 114 valence electrons.